The summed E-state index contributed by atoms with van der Waals surface area (Å²) in [5.74, 6) is 0.0464. The highest BCUT2D eigenvalue weighted by atomic mass is 19.4. The molecule has 2 rings (SSSR count). The Morgan fingerprint density at radius 2 is 1.87 bits per heavy atom. The first-order valence-corrected chi connectivity index (χ1v) is 4.95. The molecule has 0 spiro atoms. The van der Waals surface area contributed by atoms with Crippen LogP contribution in [0.2, 0.25) is 0 Å². The van der Waals surface area contributed by atoms with Crippen molar-refractivity contribution in [2.75, 3.05) is 5.73 Å². The summed E-state index contributed by atoms with van der Waals surface area (Å²) in [4.78, 5) is 0. The molecule has 1 aliphatic carbocycles. The molecular weight excluding hydrogens is 203 g/mol. The van der Waals surface area contributed by atoms with E-state index in [1.165, 1.54) is 12.1 Å². The zero-order valence-electron chi connectivity index (χ0n) is 8.14. The van der Waals surface area contributed by atoms with E-state index in [0.717, 1.165) is 25.3 Å². The number of halogens is 3. The summed E-state index contributed by atoms with van der Waals surface area (Å²) in [6.07, 6.45) is -1.57. The molecular formula is C11H12F3N. The van der Waals surface area contributed by atoms with Gasteiger partial charge in [0.2, 0.25) is 0 Å². The Morgan fingerprint density at radius 1 is 1.20 bits per heavy atom. The van der Waals surface area contributed by atoms with Crippen molar-refractivity contribution in [1.82, 2.24) is 0 Å². The predicted octanol–water partition coefficient (Wildman–Crippen LogP) is 3.56. The van der Waals surface area contributed by atoms with Crippen LogP contribution in [0.25, 0.3) is 0 Å². The van der Waals surface area contributed by atoms with Crippen molar-refractivity contribution in [3.05, 3.63) is 29.3 Å². The van der Waals surface area contributed by atoms with Crippen molar-refractivity contribution in [1.29, 1.82) is 0 Å². The number of nitrogen functional groups attached to an aromatic ring is 1. The Morgan fingerprint density at radius 3 is 2.33 bits per heavy atom. The minimum atomic E-state index is -4.27. The summed E-state index contributed by atoms with van der Waals surface area (Å²) >= 11 is 0. The van der Waals surface area contributed by atoms with E-state index >= 15 is 0 Å². The van der Waals surface area contributed by atoms with Gasteiger partial charge in [0.25, 0.3) is 0 Å². The minimum absolute atomic E-state index is 0.0464. The summed E-state index contributed by atoms with van der Waals surface area (Å²) in [6, 6.07) is 3.86. The van der Waals surface area contributed by atoms with Gasteiger partial charge in [-0.1, -0.05) is 6.42 Å². The lowest BCUT2D eigenvalue weighted by molar-refractivity contribution is -0.138. The molecule has 0 unspecified atom stereocenters. The van der Waals surface area contributed by atoms with Crippen molar-refractivity contribution < 1.29 is 13.2 Å². The second kappa shape index (κ2) is 3.43. The van der Waals surface area contributed by atoms with Gasteiger partial charge in [0.05, 0.1) is 5.56 Å². The topological polar surface area (TPSA) is 26.0 Å². The number of anilines is 1. The lowest BCUT2D eigenvalue weighted by Gasteiger charge is -2.28. The van der Waals surface area contributed by atoms with Crippen LogP contribution in [-0.2, 0) is 6.18 Å². The maximum atomic E-state index is 12.7. The monoisotopic (exact) mass is 215 g/mol. The van der Waals surface area contributed by atoms with Crippen molar-refractivity contribution >= 4 is 5.69 Å². The van der Waals surface area contributed by atoms with Crippen LogP contribution in [0.15, 0.2) is 18.2 Å². The molecule has 1 aromatic carbocycles. The summed E-state index contributed by atoms with van der Waals surface area (Å²) in [5.41, 5.74) is 5.77. The second-order valence-corrected chi connectivity index (χ2v) is 3.97. The number of benzene rings is 1. The van der Waals surface area contributed by atoms with Gasteiger partial charge in [-0.25, -0.2) is 0 Å². The van der Waals surface area contributed by atoms with Crippen LogP contribution < -0.4 is 5.73 Å². The fourth-order valence-corrected chi connectivity index (χ4v) is 1.90. The van der Waals surface area contributed by atoms with Crippen LogP contribution in [-0.4, -0.2) is 0 Å². The molecule has 1 saturated carbocycles. The molecule has 15 heavy (non-hydrogen) atoms. The van der Waals surface area contributed by atoms with E-state index in [4.69, 9.17) is 5.73 Å². The van der Waals surface area contributed by atoms with Crippen LogP contribution >= 0.6 is 0 Å². The first kappa shape index (κ1) is 10.3. The molecule has 2 N–H and O–H groups in total. The molecule has 0 atom stereocenters. The molecule has 1 aliphatic rings. The Labute approximate surface area is 86.1 Å². The molecule has 0 heterocycles. The molecule has 1 aromatic rings. The van der Waals surface area contributed by atoms with Gasteiger partial charge in [-0.3, -0.25) is 0 Å². The third kappa shape index (κ3) is 1.94. The molecule has 0 bridgehead atoms. The molecule has 82 valence electrons. The van der Waals surface area contributed by atoms with E-state index in [1.54, 1.807) is 0 Å². The first-order valence-electron chi connectivity index (χ1n) is 4.95. The number of alkyl halides is 3. The number of hydrogen-bond acceptors (Lipinski definition) is 1. The normalized spacial score (nSPS) is 17.5. The molecule has 0 aromatic heterocycles. The highest BCUT2D eigenvalue weighted by Gasteiger charge is 2.36. The summed E-state index contributed by atoms with van der Waals surface area (Å²) in [6.45, 7) is 0. The van der Waals surface area contributed by atoms with Gasteiger partial charge < -0.3 is 5.73 Å². The zero-order valence-corrected chi connectivity index (χ0v) is 8.14. The summed E-state index contributed by atoms with van der Waals surface area (Å²) < 4.78 is 38.0. The van der Waals surface area contributed by atoms with Crippen LogP contribution in [0.1, 0.15) is 36.3 Å². The van der Waals surface area contributed by atoms with Gasteiger partial charge in [0.1, 0.15) is 0 Å². The Kier molecular flexibility index (Phi) is 2.37. The standard InChI is InChI=1S/C11H12F3N/c12-11(13,14)10-5-4-8(15)6-9(10)7-2-1-3-7/h4-7H,1-3,15H2. The number of hydrogen-bond donors (Lipinski definition) is 1. The quantitative estimate of drug-likeness (QED) is 0.712. The molecule has 1 fully saturated rings. The van der Waals surface area contributed by atoms with E-state index < -0.39 is 11.7 Å². The number of nitrogens with two attached hydrogens (primary N) is 1. The SMILES string of the molecule is Nc1ccc(C(F)(F)F)c(C2CCC2)c1. The third-order valence-corrected chi connectivity index (χ3v) is 2.93. The first-order chi connectivity index (χ1) is 6.98. The Hall–Kier alpha value is -1.19. The maximum absolute atomic E-state index is 12.7. The van der Waals surface area contributed by atoms with Gasteiger partial charge in [-0.05, 0) is 42.5 Å². The van der Waals surface area contributed by atoms with Gasteiger partial charge in [0, 0.05) is 5.69 Å². The van der Waals surface area contributed by atoms with E-state index in [-0.39, 0.29) is 5.92 Å². The average molecular weight is 215 g/mol. The highest BCUT2D eigenvalue weighted by Crippen LogP contribution is 2.43. The summed E-state index contributed by atoms with van der Waals surface area (Å²) in [7, 11) is 0. The number of rotatable bonds is 1. The summed E-state index contributed by atoms with van der Waals surface area (Å²) in [5, 5.41) is 0. The van der Waals surface area contributed by atoms with Crippen LogP contribution in [0.3, 0.4) is 0 Å². The van der Waals surface area contributed by atoms with Crippen LogP contribution in [0.4, 0.5) is 18.9 Å². The Balaban J connectivity index is 2.44. The van der Waals surface area contributed by atoms with Gasteiger partial charge in [-0.15, -0.1) is 0 Å². The lowest BCUT2D eigenvalue weighted by atomic mass is 9.78. The van der Waals surface area contributed by atoms with E-state index in [2.05, 4.69) is 0 Å². The molecule has 0 radical (unpaired) electrons. The van der Waals surface area contributed by atoms with Gasteiger partial charge in [-0.2, -0.15) is 13.2 Å². The third-order valence-electron chi connectivity index (χ3n) is 2.93. The largest absolute Gasteiger partial charge is 0.416 e. The molecule has 4 heteroatoms. The molecule has 0 saturated heterocycles. The smallest absolute Gasteiger partial charge is 0.399 e. The Bertz CT molecular complexity index is 367. The van der Waals surface area contributed by atoms with Crippen LogP contribution in [0.5, 0.6) is 0 Å². The van der Waals surface area contributed by atoms with Gasteiger partial charge >= 0.3 is 6.18 Å². The molecule has 1 nitrogen and oxygen atoms in total. The lowest BCUT2D eigenvalue weighted by Crippen LogP contribution is -2.16. The van der Waals surface area contributed by atoms with Crippen LogP contribution in [0, 0.1) is 0 Å². The fraction of sp³-hybridized carbons (Fsp3) is 0.455. The van der Waals surface area contributed by atoms with E-state index in [9.17, 15) is 13.2 Å². The maximum Gasteiger partial charge on any atom is 0.416 e. The highest BCUT2D eigenvalue weighted by molar-refractivity contribution is 5.47. The minimum Gasteiger partial charge on any atom is -0.399 e. The molecule has 0 aliphatic heterocycles. The molecule has 0 amide bonds. The van der Waals surface area contributed by atoms with E-state index in [0.29, 0.717) is 11.3 Å². The van der Waals surface area contributed by atoms with E-state index in [1.807, 2.05) is 0 Å². The van der Waals surface area contributed by atoms with Crippen molar-refractivity contribution in [3.8, 4) is 0 Å². The average Bonchev–Trinajstić information content (AvgIpc) is 1.98. The van der Waals surface area contributed by atoms with Crippen molar-refractivity contribution in [2.45, 2.75) is 31.4 Å². The van der Waals surface area contributed by atoms with Crippen molar-refractivity contribution in [2.24, 2.45) is 0 Å². The fourth-order valence-electron chi connectivity index (χ4n) is 1.90. The zero-order chi connectivity index (χ0) is 11.1. The van der Waals surface area contributed by atoms with Crippen molar-refractivity contribution in [3.63, 3.8) is 0 Å². The predicted molar refractivity (Wildman–Crippen MR) is 52.4 cm³/mol. The van der Waals surface area contributed by atoms with Gasteiger partial charge in [0.15, 0.2) is 0 Å². The second-order valence-electron chi connectivity index (χ2n) is 3.97.